The highest BCUT2D eigenvalue weighted by Gasteiger charge is 2.24. The Morgan fingerprint density at radius 3 is 2.69 bits per heavy atom. The van der Waals surface area contributed by atoms with Crippen molar-refractivity contribution in [3.8, 4) is 11.1 Å². The lowest BCUT2D eigenvalue weighted by Crippen LogP contribution is -2.19. The Balaban J connectivity index is 1.92. The van der Waals surface area contributed by atoms with Gasteiger partial charge in [-0.25, -0.2) is 22.9 Å². The third kappa shape index (κ3) is 3.51. The molecule has 1 N–H and O–H groups in total. The number of hydrogen-bond donors (Lipinski definition) is 1. The van der Waals surface area contributed by atoms with Crippen LogP contribution in [0.4, 0.5) is 0 Å². The summed E-state index contributed by atoms with van der Waals surface area (Å²) in [5.41, 5.74) is 2.12. The molecule has 1 fully saturated rings. The van der Waals surface area contributed by atoms with Crippen molar-refractivity contribution in [3.63, 3.8) is 0 Å². The molecule has 1 aromatic carbocycles. The van der Waals surface area contributed by atoms with Gasteiger partial charge < -0.3 is 9.84 Å². The van der Waals surface area contributed by atoms with Crippen LogP contribution in [0.1, 0.15) is 41.5 Å². The number of aryl methyl sites for hydroxylation is 1. The van der Waals surface area contributed by atoms with E-state index < -0.39 is 15.8 Å². The summed E-state index contributed by atoms with van der Waals surface area (Å²) in [6.45, 7) is 2.35. The quantitative estimate of drug-likeness (QED) is 0.696. The topological polar surface area (TPSA) is 111 Å². The molecule has 4 rings (SSSR count). The maximum atomic E-state index is 11.9. The molecule has 0 radical (unpaired) electrons. The normalized spacial score (nSPS) is 17.5. The summed E-state index contributed by atoms with van der Waals surface area (Å²) < 4.78 is 31.4. The van der Waals surface area contributed by atoms with Crippen LogP contribution in [0.25, 0.3) is 22.0 Å². The first kappa shape index (κ1) is 19.5. The fraction of sp³-hybridized carbons (Fsp3) is 0.350. The van der Waals surface area contributed by atoms with Gasteiger partial charge in [0.05, 0.1) is 22.8 Å². The maximum Gasteiger partial charge on any atom is 0.355 e. The maximum absolute atomic E-state index is 11.9. The molecule has 0 saturated carbocycles. The second kappa shape index (κ2) is 7.23. The highest BCUT2D eigenvalue weighted by molar-refractivity contribution is 7.90. The molecule has 8 nitrogen and oxygen atoms in total. The SMILES string of the molecule is Cc1cc(-c2c(C(=O)O)ncc3c2cnn3C2CCCCO2)ccc1S(C)(=O)=O. The standard InChI is InChI=1S/C20H21N3O5S/c1-12-9-13(6-7-16(12)29(2,26)27)18-14-10-22-23(17-5-3-4-8-28-17)15(14)11-21-19(18)20(24)25/h6-7,9-11,17H,3-5,8H2,1-2H3,(H,24,25). The Bertz CT molecular complexity index is 1210. The van der Waals surface area contributed by atoms with E-state index in [-0.39, 0.29) is 16.8 Å². The number of pyridine rings is 1. The van der Waals surface area contributed by atoms with Crippen LogP contribution < -0.4 is 0 Å². The van der Waals surface area contributed by atoms with Gasteiger partial charge in [-0.2, -0.15) is 5.10 Å². The molecule has 1 saturated heterocycles. The number of hydrogen-bond acceptors (Lipinski definition) is 6. The van der Waals surface area contributed by atoms with Crippen LogP contribution in [-0.2, 0) is 14.6 Å². The first-order valence-corrected chi connectivity index (χ1v) is 11.2. The Hall–Kier alpha value is -2.78. The van der Waals surface area contributed by atoms with E-state index in [1.807, 2.05) is 0 Å². The Morgan fingerprint density at radius 1 is 1.28 bits per heavy atom. The predicted molar refractivity (Wildman–Crippen MR) is 107 cm³/mol. The van der Waals surface area contributed by atoms with Crippen molar-refractivity contribution in [1.29, 1.82) is 0 Å². The van der Waals surface area contributed by atoms with Gasteiger partial charge in [0.25, 0.3) is 0 Å². The molecule has 0 spiro atoms. The van der Waals surface area contributed by atoms with E-state index in [1.54, 1.807) is 29.9 Å². The predicted octanol–water partition coefficient (Wildman–Crippen LogP) is 3.21. The number of ether oxygens (including phenoxy) is 1. The van der Waals surface area contributed by atoms with Crippen molar-refractivity contribution in [2.75, 3.05) is 12.9 Å². The van der Waals surface area contributed by atoms with Crippen molar-refractivity contribution in [3.05, 3.63) is 41.9 Å². The van der Waals surface area contributed by atoms with Gasteiger partial charge in [-0.1, -0.05) is 12.1 Å². The second-order valence-electron chi connectivity index (χ2n) is 7.25. The summed E-state index contributed by atoms with van der Waals surface area (Å²) in [5, 5.41) is 14.8. The molecule has 1 aliphatic rings. The van der Waals surface area contributed by atoms with Gasteiger partial charge in [0.1, 0.15) is 0 Å². The number of sulfone groups is 1. The Labute approximate surface area is 168 Å². The van der Waals surface area contributed by atoms with Crippen molar-refractivity contribution < 1.29 is 23.1 Å². The zero-order chi connectivity index (χ0) is 20.8. The number of rotatable bonds is 4. The van der Waals surface area contributed by atoms with Crippen LogP contribution in [0.5, 0.6) is 0 Å². The van der Waals surface area contributed by atoms with Gasteiger partial charge in [-0.15, -0.1) is 0 Å². The Kier molecular flexibility index (Phi) is 4.87. The number of aromatic nitrogens is 3. The van der Waals surface area contributed by atoms with E-state index >= 15 is 0 Å². The molecule has 0 aliphatic carbocycles. The van der Waals surface area contributed by atoms with Gasteiger partial charge in [-0.05, 0) is 43.4 Å². The lowest BCUT2D eigenvalue weighted by atomic mass is 9.98. The minimum absolute atomic E-state index is 0.104. The highest BCUT2D eigenvalue weighted by atomic mass is 32.2. The summed E-state index contributed by atoms with van der Waals surface area (Å²) in [6, 6.07) is 4.79. The van der Waals surface area contributed by atoms with E-state index in [4.69, 9.17) is 4.74 Å². The number of nitrogens with zero attached hydrogens (tertiary/aromatic N) is 3. The van der Waals surface area contributed by atoms with Crippen LogP contribution in [-0.4, -0.2) is 47.1 Å². The largest absolute Gasteiger partial charge is 0.476 e. The van der Waals surface area contributed by atoms with E-state index in [1.165, 1.54) is 12.3 Å². The van der Waals surface area contributed by atoms with Crippen molar-refractivity contribution in [2.45, 2.75) is 37.3 Å². The molecule has 29 heavy (non-hydrogen) atoms. The van der Waals surface area contributed by atoms with E-state index in [0.29, 0.717) is 34.2 Å². The number of fused-ring (bicyclic) bond motifs is 1. The van der Waals surface area contributed by atoms with Crippen LogP contribution in [0.15, 0.2) is 35.5 Å². The molecule has 0 bridgehead atoms. The third-order valence-electron chi connectivity index (χ3n) is 5.15. The van der Waals surface area contributed by atoms with E-state index in [0.717, 1.165) is 25.5 Å². The first-order chi connectivity index (χ1) is 13.8. The summed E-state index contributed by atoms with van der Waals surface area (Å²) in [7, 11) is -3.38. The molecule has 1 unspecified atom stereocenters. The number of carboxylic acid groups (broad SMARTS) is 1. The molecule has 152 valence electrons. The average molecular weight is 415 g/mol. The zero-order valence-corrected chi connectivity index (χ0v) is 16.9. The molecular weight excluding hydrogens is 394 g/mol. The number of carbonyl (C=O) groups is 1. The Morgan fingerprint density at radius 2 is 2.07 bits per heavy atom. The summed E-state index contributed by atoms with van der Waals surface area (Å²) in [6.07, 6.45) is 6.94. The van der Waals surface area contributed by atoms with Crippen LogP contribution in [0.2, 0.25) is 0 Å². The van der Waals surface area contributed by atoms with E-state index in [2.05, 4.69) is 10.1 Å². The zero-order valence-electron chi connectivity index (χ0n) is 16.1. The molecule has 1 aliphatic heterocycles. The smallest absolute Gasteiger partial charge is 0.355 e. The monoisotopic (exact) mass is 415 g/mol. The molecule has 2 aromatic heterocycles. The minimum atomic E-state index is -3.38. The van der Waals surface area contributed by atoms with Crippen LogP contribution in [0, 0.1) is 6.92 Å². The molecule has 9 heteroatoms. The number of benzene rings is 1. The average Bonchev–Trinajstić information content (AvgIpc) is 3.10. The van der Waals surface area contributed by atoms with Gasteiger partial charge in [0, 0.05) is 23.8 Å². The summed E-state index contributed by atoms with van der Waals surface area (Å²) >= 11 is 0. The summed E-state index contributed by atoms with van der Waals surface area (Å²) in [5.74, 6) is -1.16. The molecular formula is C20H21N3O5S. The van der Waals surface area contributed by atoms with Gasteiger partial charge in [0.2, 0.25) is 0 Å². The fourth-order valence-corrected chi connectivity index (χ4v) is 4.79. The molecule has 3 heterocycles. The van der Waals surface area contributed by atoms with Crippen molar-refractivity contribution >= 4 is 26.7 Å². The van der Waals surface area contributed by atoms with Gasteiger partial charge in [0.15, 0.2) is 21.8 Å². The summed E-state index contributed by atoms with van der Waals surface area (Å²) in [4.78, 5) is 16.2. The van der Waals surface area contributed by atoms with E-state index in [9.17, 15) is 18.3 Å². The van der Waals surface area contributed by atoms with Gasteiger partial charge in [-0.3, -0.25) is 0 Å². The third-order valence-corrected chi connectivity index (χ3v) is 6.41. The van der Waals surface area contributed by atoms with Gasteiger partial charge >= 0.3 is 5.97 Å². The second-order valence-corrected chi connectivity index (χ2v) is 9.23. The van der Waals surface area contributed by atoms with Crippen molar-refractivity contribution in [2.24, 2.45) is 0 Å². The molecule has 3 aromatic rings. The highest BCUT2D eigenvalue weighted by Crippen LogP contribution is 2.35. The lowest BCUT2D eigenvalue weighted by Gasteiger charge is -2.23. The molecule has 1 atom stereocenters. The lowest BCUT2D eigenvalue weighted by molar-refractivity contribution is -0.0367. The minimum Gasteiger partial charge on any atom is -0.476 e. The number of carboxylic acids is 1. The van der Waals surface area contributed by atoms with Crippen LogP contribution >= 0.6 is 0 Å². The first-order valence-electron chi connectivity index (χ1n) is 9.29. The van der Waals surface area contributed by atoms with Crippen molar-refractivity contribution in [1.82, 2.24) is 14.8 Å². The number of aromatic carboxylic acids is 1. The molecule has 0 amide bonds. The van der Waals surface area contributed by atoms with Crippen LogP contribution in [0.3, 0.4) is 0 Å². The fourth-order valence-electron chi connectivity index (χ4n) is 3.83.